The molecule has 2 nitrogen and oxygen atoms in total. The molecule has 0 fully saturated rings. The predicted octanol–water partition coefficient (Wildman–Crippen LogP) is 3.05. The molecule has 0 atom stereocenters. The van der Waals surface area contributed by atoms with Crippen molar-refractivity contribution in [1.82, 2.24) is 0 Å². The summed E-state index contributed by atoms with van der Waals surface area (Å²) in [7, 11) is 1.71. The van der Waals surface area contributed by atoms with Crippen LogP contribution in [0.25, 0.3) is 10.1 Å². The van der Waals surface area contributed by atoms with Crippen LogP contribution in [0.4, 0.5) is 5.00 Å². The average molecular weight is 207 g/mol. The average Bonchev–Trinajstić information content (AvgIpc) is 2.54. The van der Waals surface area contributed by atoms with E-state index in [0.717, 1.165) is 17.2 Å². The second kappa shape index (κ2) is 3.50. The Morgan fingerprint density at radius 3 is 2.79 bits per heavy atom. The first-order valence-corrected chi connectivity index (χ1v) is 5.42. The van der Waals surface area contributed by atoms with Crippen LogP contribution in [-0.4, -0.2) is 7.11 Å². The van der Waals surface area contributed by atoms with Crippen LogP contribution in [0.1, 0.15) is 12.5 Å². The van der Waals surface area contributed by atoms with E-state index in [1.807, 2.05) is 6.07 Å². The molecule has 0 spiro atoms. The summed E-state index contributed by atoms with van der Waals surface area (Å²) in [6, 6.07) is 6.23. The van der Waals surface area contributed by atoms with Gasteiger partial charge >= 0.3 is 0 Å². The summed E-state index contributed by atoms with van der Waals surface area (Å²) in [4.78, 5) is 0. The lowest BCUT2D eigenvalue weighted by Gasteiger charge is -2.05. The molecule has 0 saturated carbocycles. The molecule has 0 bridgehead atoms. The summed E-state index contributed by atoms with van der Waals surface area (Å²) in [6.45, 7) is 2.12. The molecule has 0 amide bonds. The second-order valence-corrected chi connectivity index (χ2v) is 4.32. The molecule has 2 N–H and O–H groups in total. The van der Waals surface area contributed by atoms with Crippen molar-refractivity contribution in [3.8, 4) is 5.75 Å². The van der Waals surface area contributed by atoms with Gasteiger partial charge in [-0.25, -0.2) is 0 Å². The lowest BCUT2D eigenvalue weighted by atomic mass is 10.1. The molecule has 3 heteroatoms. The molecule has 1 aromatic heterocycles. The zero-order valence-electron chi connectivity index (χ0n) is 8.33. The zero-order valence-corrected chi connectivity index (χ0v) is 9.15. The molecular formula is C11H13NOS. The minimum absolute atomic E-state index is 0.857. The van der Waals surface area contributed by atoms with Gasteiger partial charge in [0, 0.05) is 4.70 Å². The van der Waals surface area contributed by atoms with Crippen LogP contribution in [0.3, 0.4) is 0 Å². The van der Waals surface area contributed by atoms with Crippen molar-refractivity contribution >= 4 is 26.4 Å². The first kappa shape index (κ1) is 9.34. The Bertz CT molecular complexity index is 421. The van der Waals surface area contributed by atoms with Gasteiger partial charge in [0.1, 0.15) is 5.75 Å². The number of anilines is 1. The van der Waals surface area contributed by atoms with Gasteiger partial charge in [-0.05, 0) is 35.6 Å². The molecule has 0 aliphatic carbocycles. The van der Waals surface area contributed by atoms with Crippen molar-refractivity contribution in [2.75, 3.05) is 12.8 Å². The number of hydrogen-bond donors (Lipinski definition) is 1. The van der Waals surface area contributed by atoms with Crippen molar-refractivity contribution < 1.29 is 4.74 Å². The fourth-order valence-electron chi connectivity index (χ4n) is 1.60. The van der Waals surface area contributed by atoms with E-state index >= 15 is 0 Å². The number of ether oxygens (including phenoxy) is 1. The van der Waals surface area contributed by atoms with E-state index in [1.54, 1.807) is 18.4 Å². The van der Waals surface area contributed by atoms with Gasteiger partial charge in [0.15, 0.2) is 0 Å². The summed E-state index contributed by atoms with van der Waals surface area (Å²) < 4.78 is 6.51. The van der Waals surface area contributed by atoms with Crippen LogP contribution >= 0.6 is 11.3 Å². The lowest BCUT2D eigenvalue weighted by Crippen LogP contribution is -1.89. The number of nitrogens with two attached hydrogens (primary N) is 1. The van der Waals surface area contributed by atoms with Gasteiger partial charge in [0.25, 0.3) is 0 Å². The highest BCUT2D eigenvalue weighted by Crippen LogP contribution is 2.33. The van der Waals surface area contributed by atoms with Gasteiger partial charge in [-0.2, -0.15) is 0 Å². The Balaban J connectivity index is 2.68. The summed E-state index contributed by atoms with van der Waals surface area (Å²) in [5.41, 5.74) is 6.99. The number of aryl methyl sites for hydroxylation is 1. The fourth-order valence-corrected chi connectivity index (χ4v) is 2.44. The highest BCUT2D eigenvalue weighted by Gasteiger charge is 2.05. The molecule has 0 radical (unpaired) electrons. The van der Waals surface area contributed by atoms with Crippen molar-refractivity contribution in [2.45, 2.75) is 13.3 Å². The zero-order chi connectivity index (χ0) is 10.1. The fraction of sp³-hybridized carbons (Fsp3) is 0.273. The lowest BCUT2D eigenvalue weighted by molar-refractivity contribution is 0.411. The van der Waals surface area contributed by atoms with Crippen molar-refractivity contribution in [2.24, 2.45) is 0 Å². The number of rotatable bonds is 2. The Hall–Kier alpha value is -1.22. The number of nitrogen functional groups attached to an aromatic ring is 1. The van der Waals surface area contributed by atoms with Gasteiger partial charge in [-0.1, -0.05) is 6.92 Å². The van der Waals surface area contributed by atoms with Crippen LogP contribution < -0.4 is 10.5 Å². The third-order valence-electron chi connectivity index (χ3n) is 2.32. The third-order valence-corrected chi connectivity index (χ3v) is 3.25. The van der Waals surface area contributed by atoms with Crippen molar-refractivity contribution in [3.63, 3.8) is 0 Å². The monoisotopic (exact) mass is 207 g/mol. The molecule has 0 aliphatic rings. The highest BCUT2D eigenvalue weighted by molar-refractivity contribution is 7.22. The quantitative estimate of drug-likeness (QED) is 0.821. The Kier molecular flexibility index (Phi) is 2.33. The standard InChI is InChI=1S/C11H13NOS/c1-3-7-4-8-5-11(12)14-10(8)6-9(7)13-2/h4-6H,3,12H2,1-2H3. The van der Waals surface area contributed by atoms with E-state index in [2.05, 4.69) is 19.1 Å². The summed E-state index contributed by atoms with van der Waals surface area (Å²) in [6.07, 6.45) is 0.981. The minimum Gasteiger partial charge on any atom is -0.496 e. The van der Waals surface area contributed by atoms with E-state index in [1.165, 1.54) is 15.6 Å². The predicted molar refractivity (Wildman–Crippen MR) is 62.2 cm³/mol. The van der Waals surface area contributed by atoms with E-state index in [-0.39, 0.29) is 0 Å². The molecule has 1 heterocycles. The van der Waals surface area contributed by atoms with Crippen molar-refractivity contribution in [3.05, 3.63) is 23.8 Å². The normalized spacial score (nSPS) is 10.7. The summed E-state index contributed by atoms with van der Waals surface area (Å²) >= 11 is 1.60. The molecule has 2 rings (SSSR count). The van der Waals surface area contributed by atoms with Gasteiger partial charge in [0.2, 0.25) is 0 Å². The number of hydrogen-bond acceptors (Lipinski definition) is 3. The first-order valence-electron chi connectivity index (χ1n) is 4.60. The number of thiophene rings is 1. The van der Waals surface area contributed by atoms with Gasteiger partial charge < -0.3 is 10.5 Å². The first-order chi connectivity index (χ1) is 6.74. The number of benzene rings is 1. The molecule has 2 aromatic rings. The SMILES string of the molecule is CCc1cc2cc(N)sc2cc1OC. The van der Waals surface area contributed by atoms with Gasteiger partial charge in [0.05, 0.1) is 12.1 Å². The van der Waals surface area contributed by atoms with Gasteiger partial charge in [-0.15, -0.1) is 11.3 Å². The molecular weight excluding hydrogens is 194 g/mol. The largest absolute Gasteiger partial charge is 0.496 e. The number of methoxy groups -OCH3 is 1. The van der Waals surface area contributed by atoms with Gasteiger partial charge in [-0.3, -0.25) is 0 Å². The van der Waals surface area contributed by atoms with Crippen molar-refractivity contribution in [1.29, 1.82) is 0 Å². The smallest absolute Gasteiger partial charge is 0.123 e. The summed E-state index contributed by atoms with van der Waals surface area (Å²) in [5.74, 6) is 0.960. The maximum atomic E-state index is 5.75. The minimum atomic E-state index is 0.857. The third kappa shape index (κ3) is 1.44. The van der Waals surface area contributed by atoms with E-state index in [4.69, 9.17) is 10.5 Å². The highest BCUT2D eigenvalue weighted by atomic mass is 32.1. The molecule has 1 aromatic carbocycles. The Labute approximate surface area is 87.3 Å². The topological polar surface area (TPSA) is 35.2 Å². The molecule has 0 aliphatic heterocycles. The molecule has 74 valence electrons. The Morgan fingerprint density at radius 2 is 2.14 bits per heavy atom. The number of fused-ring (bicyclic) bond motifs is 1. The maximum absolute atomic E-state index is 5.75. The van der Waals surface area contributed by atoms with E-state index in [0.29, 0.717) is 0 Å². The van der Waals surface area contributed by atoms with E-state index < -0.39 is 0 Å². The van der Waals surface area contributed by atoms with E-state index in [9.17, 15) is 0 Å². The second-order valence-electron chi connectivity index (χ2n) is 3.20. The molecule has 0 saturated heterocycles. The van der Waals surface area contributed by atoms with Crippen LogP contribution in [0.5, 0.6) is 5.75 Å². The van der Waals surface area contributed by atoms with Crippen LogP contribution in [-0.2, 0) is 6.42 Å². The molecule has 0 unspecified atom stereocenters. The molecule has 14 heavy (non-hydrogen) atoms. The van der Waals surface area contributed by atoms with Crippen LogP contribution in [0.15, 0.2) is 18.2 Å². The Morgan fingerprint density at radius 1 is 1.36 bits per heavy atom. The van der Waals surface area contributed by atoms with Crippen LogP contribution in [0, 0.1) is 0 Å². The summed E-state index contributed by atoms with van der Waals surface area (Å²) in [5, 5.41) is 2.07. The maximum Gasteiger partial charge on any atom is 0.123 e. The van der Waals surface area contributed by atoms with Crippen LogP contribution in [0.2, 0.25) is 0 Å².